The van der Waals surface area contributed by atoms with E-state index >= 15 is 0 Å². The van der Waals surface area contributed by atoms with Crippen molar-refractivity contribution in [1.82, 2.24) is 4.31 Å². The summed E-state index contributed by atoms with van der Waals surface area (Å²) in [4.78, 5) is 13.5. The van der Waals surface area contributed by atoms with E-state index in [-0.39, 0.29) is 18.2 Å². The van der Waals surface area contributed by atoms with Crippen molar-refractivity contribution in [3.63, 3.8) is 0 Å². The van der Waals surface area contributed by atoms with Gasteiger partial charge in [0.15, 0.2) is 0 Å². The van der Waals surface area contributed by atoms with E-state index in [1.807, 2.05) is 0 Å². The van der Waals surface area contributed by atoms with E-state index in [0.29, 0.717) is 24.3 Å². The predicted molar refractivity (Wildman–Crippen MR) is 74.2 cm³/mol. The molecule has 1 fully saturated rings. The van der Waals surface area contributed by atoms with Crippen LogP contribution in [0.25, 0.3) is 0 Å². The number of benzene rings is 1. The first-order valence-corrected chi connectivity index (χ1v) is 7.61. The molecule has 1 aliphatic heterocycles. The fourth-order valence-corrected chi connectivity index (χ4v) is 3.43. The van der Waals surface area contributed by atoms with Crippen LogP contribution >= 0.6 is 0 Å². The van der Waals surface area contributed by atoms with Crippen LogP contribution in [0.1, 0.15) is 6.42 Å². The number of likely N-dealkylation sites (N-methyl/N-ethyl adjacent to an activating group) is 1. The fraction of sp³-hybridized carbons (Fsp3) is 0.417. The molecule has 2 rings (SSSR count). The second-order valence-corrected chi connectivity index (χ2v) is 6.64. The van der Waals surface area contributed by atoms with Gasteiger partial charge in [0.05, 0.1) is 12.3 Å². The third kappa shape index (κ3) is 3.05. The summed E-state index contributed by atoms with van der Waals surface area (Å²) in [7, 11) is -1.62. The van der Waals surface area contributed by atoms with E-state index in [0.717, 1.165) is 0 Å². The topological polar surface area (TPSA) is 83.7 Å². The molecule has 0 atom stereocenters. The van der Waals surface area contributed by atoms with Crippen LogP contribution < -0.4 is 10.6 Å². The molecule has 1 aliphatic rings. The van der Waals surface area contributed by atoms with Crippen LogP contribution in [0.3, 0.4) is 0 Å². The van der Waals surface area contributed by atoms with Gasteiger partial charge < -0.3 is 10.6 Å². The molecule has 2 N–H and O–H groups in total. The highest BCUT2D eigenvalue weighted by Gasteiger charge is 2.30. The maximum absolute atomic E-state index is 12.1. The SMILES string of the molecule is CN(C(=O)CN1CCCS1(=O)=O)c1ccc(N)cc1. The third-order valence-corrected chi connectivity index (χ3v) is 5.07. The smallest absolute Gasteiger partial charge is 0.242 e. The molecule has 0 radical (unpaired) electrons. The summed E-state index contributed by atoms with van der Waals surface area (Å²) in [5.41, 5.74) is 6.89. The van der Waals surface area contributed by atoms with Gasteiger partial charge in [0, 0.05) is 25.0 Å². The summed E-state index contributed by atoms with van der Waals surface area (Å²) in [5, 5.41) is 0. The number of carbonyl (C=O) groups is 1. The number of rotatable bonds is 3. The van der Waals surface area contributed by atoms with Crippen molar-refractivity contribution in [3.8, 4) is 0 Å². The van der Waals surface area contributed by atoms with E-state index < -0.39 is 10.0 Å². The van der Waals surface area contributed by atoms with E-state index in [9.17, 15) is 13.2 Å². The zero-order chi connectivity index (χ0) is 14.0. The van der Waals surface area contributed by atoms with Crippen LogP contribution in [0.4, 0.5) is 11.4 Å². The Hall–Kier alpha value is -1.60. The highest BCUT2D eigenvalue weighted by Crippen LogP contribution is 2.17. The van der Waals surface area contributed by atoms with Gasteiger partial charge in [-0.3, -0.25) is 4.79 Å². The van der Waals surface area contributed by atoms with Crippen LogP contribution in [-0.4, -0.2) is 44.5 Å². The molecule has 1 aromatic rings. The average Bonchev–Trinajstić information content (AvgIpc) is 2.69. The van der Waals surface area contributed by atoms with Crippen molar-refractivity contribution in [2.75, 3.05) is 36.5 Å². The van der Waals surface area contributed by atoms with Crippen LogP contribution in [0.2, 0.25) is 0 Å². The van der Waals surface area contributed by atoms with E-state index in [1.54, 1.807) is 31.3 Å². The van der Waals surface area contributed by atoms with E-state index in [1.165, 1.54) is 9.21 Å². The lowest BCUT2D eigenvalue weighted by molar-refractivity contribution is -0.118. The van der Waals surface area contributed by atoms with Gasteiger partial charge in [-0.25, -0.2) is 8.42 Å². The molecule has 0 spiro atoms. The highest BCUT2D eigenvalue weighted by atomic mass is 32.2. The Kier molecular flexibility index (Phi) is 3.77. The minimum absolute atomic E-state index is 0.108. The van der Waals surface area contributed by atoms with Crippen LogP contribution in [0, 0.1) is 0 Å². The lowest BCUT2D eigenvalue weighted by atomic mass is 10.2. The summed E-state index contributed by atoms with van der Waals surface area (Å²) < 4.78 is 24.5. The predicted octanol–water partition coefficient (Wildman–Crippen LogP) is 0.267. The number of nitrogens with zero attached hydrogens (tertiary/aromatic N) is 2. The zero-order valence-electron chi connectivity index (χ0n) is 10.7. The Labute approximate surface area is 112 Å². The number of hydrogen-bond acceptors (Lipinski definition) is 4. The summed E-state index contributed by atoms with van der Waals surface area (Å²) in [6.45, 7) is 0.312. The number of anilines is 2. The van der Waals surface area contributed by atoms with Gasteiger partial charge in [0.1, 0.15) is 0 Å². The van der Waals surface area contributed by atoms with Crippen molar-refractivity contribution < 1.29 is 13.2 Å². The minimum Gasteiger partial charge on any atom is -0.399 e. The quantitative estimate of drug-likeness (QED) is 0.807. The normalized spacial score (nSPS) is 18.4. The Morgan fingerprint density at radius 1 is 1.37 bits per heavy atom. The van der Waals surface area contributed by atoms with Gasteiger partial charge >= 0.3 is 0 Å². The molecular formula is C12H17N3O3S. The van der Waals surface area contributed by atoms with Gasteiger partial charge in [-0.1, -0.05) is 0 Å². The first kappa shape index (κ1) is 13.8. The number of amides is 1. The summed E-state index contributed by atoms with van der Waals surface area (Å²) in [6.07, 6.45) is 0.585. The number of sulfonamides is 1. The fourth-order valence-electron chi connectivity index (χ4n) is 1.97. The molecule has 104 valence electrons. The second kappa shape index (κ2) is 5.18. The number of nitrogen functional groups attached to an aromatic ring is 1. The largest absolute Gasteiger partial charge is 0.399 e. The minimum atomic E-state index is -3.24. The van der Waals surface area contributed by atoms with Gasteiger partial charge in [0.2, 0.25) is 15.9 Å². The van der Waals surface area contributed by atoms with Crippen molar-refractivity contribution in [2.24, 2.45) is 0 Å². The molecular weight excluding hydrogens is 266 g/mol. The van der Waals surface area contributed by atoms with E-state index in [2.05, 4.69) is 0 Å². The second-order valence-electron chi connectivity index (χ2n) is 4.55. The highest BCUT2D eigenvalue weighted by molar-refractivity contribution is 7.89. The van der Waals surface area contributed by atoms with Crippen molar-refractivity contribution in [2.45, 2.75) is 6.42 Å². The molecule has 1 aromatic carbocycles. The molecule has 1 heterocycles. The Balaban J connectivity index is 2.06. The Morgan fingerprint density at radius 3 is 2.53 bits per heavy atom. The zero-order valence-corrected chi connectivity index (χ0v) is 11.6. The van der Waals surface area contributed by atoms with Crippen molar-refractivity contribution in [3.05, 3.63) is 24.3 Å². The molecule has 1 amide bonds. The molecule has 0 bridgehead atoms. The van der Waals surface area contributed by atoms with Crippen LogP contribution in [-0.2, 0) is 14.8 Å². The van der Waals surface area contributed by atoms with Crippen LogP contribution in [0.15, 0.2) is 24.3 Å². The molecule has 6 nitrogen and oxygen atoms in total. The number of carbonyl (C=O) groups excluding carboxylic acids is 1. The van der Waals surface area contributed by atoms with Gasteiger partial charge in [-0.15, -0.1) is 0 Å². The van der Waals surface area contributed by atoms with Gasteiger partial charge in [-0.2, -0.15) is 4.31 Å². The lowest BCUT2D eigenvalue weighted by Crippen LogP contribution is -2.39. The standard InChI is InChI=1S/C12H17N3O3S/c1-14(11-5-3-10(13)4-6-11)12(16)9-15-7-2-8-19(15,17)18/h3-6H,2,7-9,13H2,1H3. The summed E-state index contributed by atoms with van der Waals surface area (Å²) >= 11 is 0. The Bertz CT molecular complexity index is 568. The molecule has 0 aromatic heterocycles. The summed E-state index contributed by atoms with van der Waals surface area (Å²) in [6, 6.07) is 6.86. The van der Waals surface area contributed by atoms with Crippen molar-refractivity contribution >= 4 is 27.3 Å². The lowest BCUT2D eigenvalue weighted by Gasteiger charge is -2.21. The molecule has 0 unspecified atom stereocenters. The van der Waals surface area contributed by atoms with Gasteiger partial charge in [0.25, 0.3) is 0 Å². The molecule has 1 saturated heterocycles. The first-order valence-electron chi connectivity index (χ1n) is 6.00. The molecule has 7 heteroatoms. The maximum atomic E-state index is 12.1. The maximum Gasteiger partial charge on any atom is 0.242 e. The summed E-state index contributed by atoms with van der Waals surface area (Å²) in [5.74, 6) is -0.124. The van der Waals surface area contributed by atoms with Gasteiger partial charge in [-0.05, 0) is 30.7 Å². The molecule has 19 heavy (non-hydrogen) atoms. The number of nitrogens with two attached hydrogens (primary N) is 1. The van der Waals surface area contributed by atoms with E-state index in [4.69, 9.17) is 5.73 Å². The first-order chi connectivity index (χ1) is 8.90. The monoisotopic (exact) mass is 283 g/mol. The van der Waals surface area contributed by atoms with Crippen molar-refractivity contribution in [1.29, 1.82) is 0 Å². The van der Waals surface area contributed by atoms with Crippen LogP contribution in [0.5, 0.6) is 0 Å². The molecule has 0 saturated carbocycles. The molecule has 0 aliphatic carbocycles. The Morgan fingerprint density at radius 2 is 2.00 bits per heavy atom. The number of hydrogen-bond donors (Lipinski definition) is 1. The average molecular weight is 283 g/mol. The third-order valence-electron chi connectivity index (χ3n) is 3.17.